The van der Waals surface area contributed by atoms with Crippen molar-refractivity contribution in [2.75, 3.05) is 6.61 Å². The Bertz CT molecular complexity index is 57.1. The Labute approximate surface area is 43.8 Å². The quantitative estimate of drug-likeness (QED) is 0.481. The van der Waals surface area contributed by atoms with Crippen LogP contribution in [-0.2, 0) is 4.84 Å². The zero-order valence-electron chi connectivity index (χ0n) is 4.77. The van der Waals surface area contributed by atoms with Gasteiger partial charge < -0.3 is 4.84 Å². The van der Waals surface area contributed by atoms with E-state index in [2.05, 4.69) is 19.3 Å². The van der Waals surface area contributed by atoms with E-state index in [0.717, 1.165) is 6.61 Å². The largest absolute Gasteiger partial charge is 0.301 e. The first kappa shape index (κ1) is 5.06. The molecule has 1 aliphatic heterocycles. The second kappa shape index (κ2) is 1.80. The molecule has 1 heterocycles. The summed E-state index contributed by atoms with van der Waals surface area (Å²) in [5.41, 5.74) is 2.87. The molecule has 1 saturated heterocycles. The van der Waals surface area contributed by atoms with Gasteiger partial charge in [0.15, 0.2) is 0 Å². The molecule has 0 bridgehead atoms. The van der Waals surface area contributed by atoms with Crippen molar-refractivity contribution in [1.82, 2.24) is 5.48 Å². The first-order valence-electron chi connectivity index (χ1n) is 2.68. The molecule has 2 atom stereocenters. The second-order valence-electron chi connectivity index (χ2n) is 2.19. The zero-order chi connectivity index (χ0) is 5.28. The number of rotatable bonds is 0. The Morgan fingerprint density at radius 1 is 1.57 bits per heavy atom. The monoisotopic (exact) mass is 101 g/mol. The Morgan fingerprint density at radius 2 is 2.29 bits per heavy atom. The fourth-order valence-electron chi connectivity index (χ4n) is 0.571. The summed E-state index contributed by atoms with van der Waals surface area (Å²) in [6.45, 7) is 5.16. The van der Waals surface area contributed by atoms with E-state index in [9.17, 15) is 0 Å². The van der Waals surface area contributed by atoms with Crippen LogP contribution < -0.4 is 5.48 Å². The van der Waals surface area contributed by atoms with Gasteiger partial charge in [0.2, 0.25) is 0 Å². The van der Waals surface area contributed by atoms with Crippen LogP contribution in [0.4, 0.5) is 0 Å². The average molecular weight is 101 g/mol. The summed E-state index contributed by atoms with van der Waals surface area (Å²) in [5, 5.41) is 0. The Morgan fingerprint density at radius 3 is 2.43 bits per heavy atom. The first-order chi connectivity index (χ1) is 3.30. The molecule has 0 amide bonds. The van der Waals surface area contributed by atoms with Gasteiger partial charge in [-0.05, 0) is 12.8 Å². The van der Waals surface area contributed by atoms with E-state index in [1.54, 1.807) is 0 Å². The Kier molecular flexibility index (Phi) is 1.30. The molecular formula is C5H11NO. The van der Waals surface area contributed by atoms with Crippen molar-refractivity contribution in [3.05, 3.63) is 0 Å². The molecule has 2 nitrogen and oxygen atoms in total. The molecule has 0 aliphatic carbocycles. The molecule has 0 spiro atoms. The molecule has 1 rings (SSSR count). The summed E-state index contributed by atoms with van der Waals surface area (Å²) in [6, 6.07) is 0.542. The summed E-state index contributed by atoms with van der Waals surface area (Å²) >= 11 is 0. The lowest BCUT2D eigenvalue weighted by Gasteiger charge is -2.01. The van der Waals surface area contributed by atoms with Crippen LogP contribution in [-0.4, -0.2) is 12.6 Å². The van der Waals surface area contributed by atoms with Gasteiger partial charge in [0.25, 0.3) is 0 Å². The third-order valence-corrected chi connectivity index (χ3v) is 1.47. The summed E-state index contributed by atoms with van der Waals surface area (Å²) in [4.78, 5) is 4.92. The Hall–Kier alpha value is -0.0800. The molecule has 7 heavy (non-hydrogen) atoms. The lowest BCUT2D eigenvalue weighted by atomic mass is 10.1. The van der Waals surface area contributed by atoms with Crippen molar-refractivity contribution in [1.29, 1.82) is 0 Å². The normalized spacial score (nSPS) is 42.0. The highest BCUT2D eigenvalue weighted by Crippen LogP contribution is 2.07. The summed E-state index contributed by atoms with van der Waals surface area (Å²) in [5.74, 6) is 0.681. The van der Waals surface area contributed by atoms with E-state index in [-0.39, 0.29) is 0 Å². The predicted molar refractivity (Wildman–Crippen MR) is 27.7 cm³/mol. The third kappa shape index (κ3) is 0.924. The van der Waals surface area contributed by atoms with E-state index in [4.69, 9.17) is 4.84 Å². The summed E-state index contributed by atoms with van der Waals surface area (Å²) in [7, 11) is 0. The highest BCUT2D eigenvalue weighted by Gasteiger charge is 2.17. The molecule has 0 unspecified atom stereocenters. The topological polar surface area (TPSA) is 21.3 Å². The molecule has 2 heteroatoms. The number of hydrogen-bond donors (Lipinski definition) is 1. The van der Waals surface area contributed by atoms with Crippen molar-refractivity contribution in [2.45, 2.75) is 19.9 Å². The van der Waals surface area contributed by atoms with E-state index >= 15 is 0 Å². The van der Waals surface area contributed by atoms with Gasteiger partial charge in [-0.1, -0.05) is 6.92 Å². The van der Waals surface area contributed by atoms with Crippen molar-refractivity contribution in [2.24, 2.45) is 5.92 Å². The van der Waals surface area contributed by atoms with Gasteiger partial charge in [0, 0.05) is 6.04 Å². The van der Waals surface area contributed by atoms with Crippen LogP contribution in [0.15, 0.2) is 0 Å². The third-order valence-electron chi connectivity index (χ3n) is 1.47. The lowest BCUT2D eigenvalue weighted by molar-refractivity contribution is 0.0887. The molecule has 0 aromatic heterocycles. The van der Waals surface area contributed by atoms with E-state index < -0.39 is 0 Å². The van der Waals surface area contributed by atoms with Gasteiger partial charge >= 0.3 is 0 Å². The summed E-state index contributed by atoms with van der Waals surface area (Å²) in [6.07, 6.45) is 0. The van der Waals surface area contributed by atoms with E-state index in [0.29, 0.717) is 12.0 Å². The fraction of sp³-hybridized carbons (Fsp3) is 1.00. The minimum absolute atomic E-state index is 0.542. The van der Waals surface area contributed by atoms with Crippen molar-refractivity contribution >= 4 is 0 Å². The molecule has 0 aromatic carbocycles. The van der Waals surface area contributed by atoms with Crippen LogP contribution in [0.1, 0.15) is 13.8 Å². The molecule has 1 N–H and O–H groups in total. The average Bonchev–Trinajstić information content (AvgIpc) is 1.91. The van der Waals surface area contributed by atoms with Crippen LogP contribution >= 0.6 is 0 Å². The van der Waals surface area contributed by atoms with Crippen LogP contribution in [0.5, 0.6) is 0 Å². The fourth-order valence-corrected chi connectivity index (χ4v) is 0.571. The second-order valence-corrected chi connectivity index (χ2v) is 2.19. The number of hydroxylamine groups is 1. The van der Waals surface area contributed by atoms with Crippen LogP contribution in [0.3, 0.4) is 0 Å². The zero-order valence-corrected chi connectivity index (χ0v) is 4.77. The maximum absolute atomic E-state index is 4.92. The van der Waals surface area contributed by atoms with Gasteiger partial charge in [-0.3, -0.25) is 0 Å². The van der Waals surface area contributed by atoms with Gasteiger partial charge in [-0.15, -0.1) is 0 Å². The van der Waals surface area contributed by atoms with Crippen LogP contribution in [0.2, 0.25) is 0 Å². The maximum Gasteiger partial charge on any atom is 0.0723 e. The minimum atomic E-state index is 0.542. The molecule has 0 aromatic rings. The highest BCUT2D eigenvalue weighted by atomic mass is 16.7. The smallest absolute Gasteiger partial charge is 0.0723 e. The molecule has 0 saturated carbocycles. The first-order valence-corrected chi connectivity index (χ1v) is 2.68. The number of nitrogens with one attached hydrogen (secondary N) is 1. The predicted octanol–water partition coefficient (Wildman–Crippen LogP) is 0.546. The minimum Gasteiger partial charge on any atom is -0.301 e. The highest BCUT2D eigenvalue weighted by molar-refractivity contribution is 4.67. The standard InChI is InChI=1S/C5H11NO/c1-4-3-7-6-5(4)2/h4-6H,3H2,1-2H3/t4-,5-/m1/s1. The summed E-state index contributed by atoms with van der Waals surface area (Å²) < 4.78 is 0. The molecule has 42 valence electrons. The Balaban J connectivity index is 2.33. The maximum atomic E-state index is 4.92. The van der Waals surface area contributed by atoms with Crippen molar-refractivity contribution < 1.29 is 4.84 Å². The van der Waals surface area contributed by atoms with Gasteiger partial charge in [0.1, 0.15) is 0 Å². The van der Waals surface area contributed by atoms with Crippen molar-refractivity contribution in [3.8, 4) is 0 Å². The number of hydrogen-bond acceptors (Lipinski definition) is 2. The van der Waals surface area contributed by atoms with Crippen LogP contribution in [0.25, 0.3) is 0 Å². The molecule has 1 fully saturated rings. The van der Waals surface area contributed by atoms with E-state index in [1.165, 1.54) is 0 Å². The van der Waals surface area contributed by atoms with Gasteiger partial charge in [-0.2, -0.15) is 5.48 Å². The lowest BCUT2D eigenvalue weighted by Crippen LogP contribution is -2.20. The SMILES string of the molecule is C[C@@H]1CON[C@@H]1C. The van der Waals surface area contributed by atoms with E-state index in [1.807, 2.05) is 0 Å². The van der Waals surface area contributed by atoms with Crippen molar-refractivity contribution in [3.63, 3.8) is 0 Å². The van der Waals surface area contributed by atoms with Gasteiger partial charge in [0.05, 0.1) is 6.61 Å². The van der Waals surface area contributed by atoms with Gasteiger partial charge in [-0.25, -0.2) is 0 Å². The molecule has 1 aliphatic rings. The van der Waals surface area contributed by atoms with Crippen LogP contribution in [0, 0.1) is 5.92 Å². The molecular weight excluding hydrogens is 90.1 g/mol. The molecule has 0 radical (unpaired) electrons.